The lowest BCUT2D eigenvalue weighted by atomic mass is 10.3. The molecule has 1 aromatic carbocycles. The van der Waals surface area contributed by atoms with Crippen LogP contribution >= 0.6 is 11.8 Å². The van der Waals surface area contributed by atoms with Crippen LogP contribution in [0.1, 0.15) is 25.2 Å². The highest BCUT2D eigenvalue weighted by atomic mass is 32.2. The molecule has 0 fully saturated rings. The van der Waals surface area contributed by atoms with Crippen LogP contribution < -0.4 is 5.32 Å². The second kappa shape index (κ2) is 8.89. The van der Waals surface area contributed by atoms with Crippen LogP contribution in [0, 0.1) is 13.8 Å². The van der Waals surface area contributed by atoms with Crippen molar-refractivity contribution in [1.29, 1.82) is 0 Å². The van der Waals surface area contributed by atoms with Gasteiger partial charge in [0.05, 0.1) is 34.3 Å². The van der Waals surface area contributed by atoms with E-state index in [0.717, 1.165) is 22.0 Å². The molecule has 0 saturated carbocycles. The Bertz CT molecular complexity index is 771. The maximum atomic E-state index is 12.3. The average Bonchev–Trinajstić information content (AvgIpc) is 2.87. The van der Waals surface area contributed by atoms with E-state index in [4.69, 9.17) is 0 Å². The first-order valence-corrected chi connectivity index (χ1v) is 9.56. The zero-order valence-corrected chi connectivity index (χ0v) is 16.8. The fourth-order valence-corrected chi connectivity index (χ4v) is 3.61. The van der Waals surface area contributed by atoms with E-state index in [9.17, 15) is 9.59 Å². The van der Waals surface area contributed by atoms with Crippen LogP contribution in [-0.4, -0.2) is 51.9 Å². The van der Waals surface area contributed by atoms with Gasteiger partial charge >= 0.3 is 0 Å². The van der Waals surface area contributed by atoms with E-state index in [1.165, 1.54) is 16.7 Å². The number of para-hydroxylation sites is 1. The SMILES string of the molecule is Cc1nn(-c2ccccc2)c(C)c1SCC(=O)N(C)CC(=O)NC(C)C. The summed E-state index contributed by atoms with van der Waals surface area (Å²) in [5, 5.41) is 7.38. The zero-order chi connectivity index (χ0) is 19.3. The van der Waals surface area contributed by atoms with Crippen LogP contribution in [0.5, 0.6) is 0 Å². The second-order valence-corrected chi connectivity index (χ2v) is 7.49. The third kappa shape index (κ3) is 5.11. The number of thioether (sulfide) groups is 1. The number of rotatable bonds is 7. The topological polar surface area (TPSA) is 67.2 Å². The molecule has 2 aromatic rings. The van der Waals surface area contributed by atoms with Crippen molar-refractivity contribution in [3.05, 3.63) is 41.7 Å². The van der Waals surface area contributed by atoms with E-state index < -0.39 is 0 Å². The van der Waals surface area contributed by atoms with Gasteiger partial charge in [0.1, 0.15) is 0 Å². The van der Waals surface area contributed by atoms with Crippen LogP contribution in [0.2, 0.25) is 0 Å². The molecular weight excluding hydrogens is 348 g/mol. The van der Waals surface area contributed by atoms with Crippen molar-refractivity contribution < 1.29 is 9.59 Å². The number of benzene rings is 1. The monoisotopic (exact) mass is 374 g/mol. The third-order valence-electron chi connectivity index (χ3n) is 3.82. The Hall–Kier alpha value is -2.28. The van der Waals surface area contributed by atoms with E-state index in [-0.39, 0.29) is 30.2 Å². The van der Waals surface area contributed by atoms with E-state index in [0.29, 0.717) is 0 Å². The summed E-state index contributed by atoms with van der Waals surface area (Å²) in [5.74, 6) is 0.0402. The molecule has 7 heteroatoms. The Morgan fingerprint density at radius 2 is 1.88 bits per heavy atom. The standard InChI is InChI=1S/C19H26N4O2S/c1-13(2)20-17(24)11-22(5)18(25)12-26-19-14(3)21-23(15(19)4)16-9-7-6-8-10-16/h6-10,13H,11-12H2,1-5H3,(H,20,24). The average molecular weight is 375 g/mol. The highest BCUT2D eigenvalue weighted by Crippen LogP contribution is 2.28. The quantitative estimate of drug-likeness (QED) is 0.757. The summed E-state index contributed by atoms with van der Waals surface area (Å²) >= 11 is 1.46. The number of nitrogens with one attached hydrogen (secondary N) is 1. The number of aryl methyl sites for hydroxylation is 1. The van der Waals surface area contributed by atoms with Crippen LogP contribution in [0.25, 0.3) is 5.69 Å². The smallest absolute Gasteiger partial charge is 0.239 e. The maximum Gasteiger partial charge on any atom is 0.239 e. The van der Waals surface area contributed by atoms with Crippen LogP contribution in [0.4, 0.5) is 0 Å². The Balaban J connectivity index is 2.00. The Morgan fingerprint density at radius 3 is 2.50 bits per heavy atom. The van der Waals surface area contributed by atoms with Gasteiger partial charge in [0.25, 0.3) is 0 Å². The zero-order valence-electron chi connectivity index (χ0n) is 15.9. The predicted molar refractivity (Wildman–Crippen MR) is 105 cm³/mol. The van der Waals surface area contributed by atoms with Gasteiger partial charge in [0, 0.05) is 13.1 Å². The Morgan fingerprint density at radius 1 is 1.23 bits per heavy atom. The second-order valence-electron chi connectivity index (χ2n) is 6.51. The minimum absolute atomic E-state index is 0.0644. The number of amides is 2. The first-order chi connectivity index (χ1) is 12.3. The van der Waals surface area contributed by atoms with E-state index in [2.05, 4.69) is 10.4 Å². The predicted octanol–water partition coefficient (Wildman–Crippen LogP) is 2.56. The molecule has 1 heterocycles. The molecule has 0 saturated heterocycles. The summed E-state index contributed by atoms with van der Waals surface area (Å²) in [6.45, 7) is 7.80. The summed E-state index contributed by atoms with van der Waals surface area (Å²) < 4.78 is 1.89. The van der Waals surface area contributed by atoms with E-state index in [1.807, 2.05) is 62.7 Å². The van der Waals surface area contributed by atoms with Gasteiger partial charge in [-0.05, 0) is 39.8 Å². The Labute approximate surface area is 159 Å². The highest BCUT2D eigenvalue weighted by Gasteiger charge is 2.18. The lowest BCUT2D eigenvalue weighted by Crippen LogP contribution is -2.41. The lowest BCUT2D eigenvalue weighted by molar-refractivity contribution is -0.132. The van der Waals surface area contributed by atoms with Crippen molar-refractivity contribution in [3.8, 4) is 5.69 Å². The van der Waals surface area contributed by atoms with Gasteiger partial charge in [-0.15, -0.1) is 11.8 Å². The van der Waals surface area contributed by atoms with Crippen molar-refractivity contribution in [3.63, 3.8) is 0 Å². The molecule has 140 valence electrons. The van der Waals surface area contributed by atoms with Gasteiger partial charge in [-0.3, -0.25) is 9.59 Å². The molecule has 1 N–H and O–H groups in total. The van der Waals surface area contributed by atoms with Gasteiger partial charge in [0.15, 0.2) is 0 Å². The molecule has 6 nitrogen and oxygen atoms in total. The molecule has 0 atom stereocenters. The fourth-order valence-electron chi connectivity index (χ4n) is 2.57. The van der Waals surface area contributed by atoms with Crippen molar-refractivity contribution in [2.24, 2.45) is 0 Å². The van der Waals surface area contributed by atoms with Gasteiger partial charge in [-0.2, -0.15) is 5.10 Å². The Kier molecular flexibility index (Phi) is 6.85. The van der Waals surface area contributed by atoms with Crippen LogP contribution in [-0.2, 0) is 9.59 Å². The number of likely N-dealkylation sites (N-methyl/N-ethyl adjacent to an activating group) is 1. The molecule has 0 aliphatic carbocycles. The number of carbonyl (C=O) groups is 2. The van der Waals surface area contributed by atoms with Crippen molar-refractivity contribution in [2.45, 2.75) is 38.6 Å². The van der Waals surface area contributed by atoms with Gasteiger partial charge in [0.2, 0.25) is 11.8 Å². The van der Waals surface area contributed by atoms with E-state index >= 15 is 0 Å². The molecule has 2 rings (SSSR count). The summed E-state index contributed by atoms with van der Waals surface area (Å²) in [6, 6.07) is 9.97. The molecule has 0 radical (unpaired) electrons. The maximum absolute atomic E-state index is 12.3. The van der Waals surface area contributed by atoms with Gasteiger partial charge in [-0.1, -0.05) is 18.2 Å². The molecule has 1 aromatic heterocycles. The number of hydrogen-bond acceptors (Lipinski definition) is 4. The molecule has 0 unspecified atom stereocenters. The first kappa shape index (κ1) is 20.0. The minimum atomic E-state index is -0.148. The molecule has 0 aliphatic heterocycles. The largest absolute Gasteiger partial charge is 0.352 e. The molecule has 0 aliphatic rings. The van der Waals surface area contributed by atoms with Gasteiger partial charge in [-0.25, -0.2) is 4.68 Å². The summed E-state index contributed by atoms with van der Waals surface area (Å²) in [6.07, 6.45) is 0. The molecule has 26 heavy (non-hydrogen) atoms. The van der Waals surface area contributed by atoms with Crippen LogP contribution in [0.3, 0.4) is 0 Å². The molecule has 0 bridgehead atoms. The number of nitrogens with zero attached hydrogens (tertiary/aromatic N) is 3. The molecular formula is C19H26N4O2S. The van der Waals surface area contributed by atoms with Gasteiger partial charge < -0.3 is 10.2 Å². The summed E-state index contributed by atoms with van der Waals surface area (Å²) in [4.78, 5) is 26.6. The molecule has 2 amide bonds. The normalized spacial score (nSPS) is 10.8. The van der Waals surface area contributed by atoms with E-state index in [1.54, 1.807) is 7.05 Å². The minimum Gasteiger partial charge on any atom is -0.352 e. The highest BCUT2D eigenvalue weighted by molar-refractivity contribution is 8.00. The summed E-state index contributed by atoms with van der Waals surface area (Å²) in [5.41, 5.74) is 2.89. The lowest BCUT2D eigenvalue weighted by Gasteiger charge is -2.17. The summed E-state index contributed by atoms with van der Waals surface area (Å²) in [7, 11) is 1.65. The van der Waals surface area contributed by atoms with Crippen LogP contribution in [0.15, 0.2) is 35.2 Å². The first-order valence-electron chi connectivity index (χ1n) is 8.57. The molecule has 0 spiro atoms. The number of hydrogen-bond donors (Lipinski definition) is 1. The number of aromatic nitrogens is 2. The third-order valence-corrected chi connectivity index (χ3v) is 5.09. The van der Waals surface area contributed by atoms with Crippen molar-refractivity contribution in [2.75, 3.05) is 19.3 Å². The van der Waals surface area contributed by atoms with Crippen molar-refractivity contribution >= 4 is 23.6 Å². The van der Waals surface area contributed by atoms with Crippen molar-refractivity contribution in [1.82, 2.24) is 20.0 Å². The fraction of sp³-hybridized carbons (Fsp3) is 0.421. The number of carbonyl (C=O) groups excluding carboxylic acids is 2.